The number of ether oxygens (including phenoxy) is 1. The first-order valence-electron chi connectivity index (χ1n) is 7.21. The van der Waals surface area contributed by atoms with Gasteiger partial charge in [-0.3, -0.25) is 0 Å². The van der Waals surface area contributed by atoms with Gasteiger partial charge in [0.1, 0.15) is 5.75 Å². The van der Waals surface area contributed by atoms with Gasteiger partial charge in [-0.25, -0.2) is 0 Å². The summed E-state index contributed by atoms with van der Waals surface area (Å²) in [6, 6.07) is 19.1. The second-order valence-corrected chi connectivity index (χ2v) is 5.64. The molecule has 0 amide bonds. The van der Waals surface area contributed by atoms with Gasteiger partial charge in [0.15, 0.2) is 0 Å². The Balaban J connectivity index is 1.62. The van der Waals surface area contributed by atoms with Crippen molar-refractivity contribution in [2.75, 3.05) is 7.11 Å². The van der Waals surface area contributed by atoms with Crippen molar-refractivity contribution in [1.82, 2.24) is 0 Å². The monoisotopic (exact) mass is 267 g/mol. The molecular weight excluding hydrogens is 246 g/mol. The normalized spacial score (nSPS) is 22.3. The van der Waals surface area contributed by atoms with Gasteiger partial charge in [-0.05, 0) is 47.9 Å². The summed E-state index contributed by atoms with van der Waals surface area (Å²) in [7, 11) is 1.70. The van der Waals surface area contributed by atoms with Crippen molar-refractivity contribution in [3.05, 3.63) is 65.7 Å². The summed E-state index contributed by atoms with van der Waals surface area (Å²) in [6.07, 6.45) is 2.14. The molecule has 3 unspecified atom stereocenters. The molecule has 0 saturated heterocycles. The summed E-state index contributed by atoms with van der Waals surface area (Å²) in [4.78, 5) is 0. The zero-order chi connectivity index (χ0) is 13.9. The number of hydrogen-bond acceptors (Lipinski definition) is 2. The lowest BCUT2D eigenvalue weighted by Crippen LogP contribution is -2.25. The predicted molar refractivity (Wildman–Crippen MR) is 82.0 cm³/mol. The Hall–Kier alpha value is -1.80. The van der Waals surface area contributed by atoms with Crippen molar-refractivity contribution >= 4 is 0 Å². The lowest BCUT2D eigenvalue weighted by molar-refractivity contribution is 0.414. The Kier molecular flexibility index (Phi) is 3.75. The van der Waals surface area contributed by atoms with E-state index in [9.17, 15) is 0 Å². The van der Waals surface area contributed by atoms with Crippen molar-refractivity contribution in [1.29, 1.82) is 0 Å². The summed E-state index contributed by atoms with van der Waals surface area (Å²) in [5.74, 6) is 2.17. The lowest BCUT2D eigenvalue weighted by Gasteiger charge is -2.12. The first-order chi connectivity index (χ1) is 9.78. The lowest BCUT2D eigenvalue weighted by atomic mass is 9.99. The van der Waals surface area contributed by atoms with Gasteiger partial charge < -0.3 is 10.5 Å². The van der Waals surface area contributed by atoms with Gasteiger partial charge in [0.05, 0.1) is 7.11 Å². The van der Waals surface area contributed by atoms with E-state index in [0.29, 0.717) is 11.8 Å². The molecular formula is C18H21NO. The van der Waals surface area contributed by atoms with Gasteiger partial charge in [-0.2, -0.15) is 0 Å². The number of hydrogen-bond donors (Lipinski definition) is 1. The molecule has 104 valence electrons. The van der Waals surface area contributed by atoms with Crippen molar-refractivity contribution in [3.63, 3.8) is 0 Å². The molecule has 2 nitrogen and oxygen atoms in total. The second-order valence-electron chi connectivity index (χ2n) is 5.64. The van der Waals surface area contributed by atoms with Crippen molar-refractivity contribution in [2.45, 2.75) is 24.8 Å². The topological polar surface area (TPSA) is 35.2 Å². The van der Waals surface area contributed by atoms with Crippen LogP contribution in [0, 0.1) is 5.92 Å². The Morgan fingerprint density at radius 3 is 2.70 bits per heavy atom. The molecule has 1 aliphatic rings. The van der Waals surface area contributed by atoms with E-state index in [2.05, 4.69) is 42.5 Å². The Morgan fingerprint density at radius 2 is 1.95 bits per heavy atom. The molecule has 2 heteroatoms. The standard InChI is InChI=1S/C18H21NO/c1-20-15-9-5-6-13(10-15)11-18(19)17-12-16(17)14-7-3-2-4-8-14/h2-10,16-18H,11-12,19H2,1H3. The van der Waals surface area contributed by atoms with Crippen LogP contribution < -0.4 is 10.5 Å². The summed E-state index contributed by atoms with van der Waals surface area (Å²) in [5, 5.41) is 0. The first kappa shape index (κ1) is 13.2. The van der Waals surface area contributed by atoms with Crippen LogP contribution in [0.5, 0.6) is 5.75 Å². The molecule has 1 saturated carbocycles. The van der Waals surface area contributed by atoms with Crippen LogP contribution in [0.1, 0.15) is 23.5 Å². The molecule has 0 spiro atoms. The SMILES string of the molecule is COc1cccc(CC(N)C2CC2c2ccccc2)c1. The second kappa shape index (κ2) is 5.68. The maximum absolute atomic E-state index is 6.39. The molecule has 0 radical (unpaired) electrons. The Bertz CT molecular complexity index is 567. The minimum Gasteiger partial charge on any atom is -0.497 e. The van der Waals surface area contributed by atoms with Crippen LogP contribution in [-0.4, -0.2) is 13.2 Å². The highest BCUT2D eigenvalue weighted by molar-refractivity contribution is 5.31. The van der Waals surface area contributed by atoms with Gasteiger partial charge in [-0.15, -0.1) is 0 Å². The van der Waals surface area contributed by atoms with Crippen LogP contribution >= 0.6 is 0 Å². The van der Waals surface area contributed by atoms with E-state index < -0.39 is 0 Å². The van der Waals surface area contributed by atoms with Crippen LogP contribution in [0.25, 0.3) is 0 Å². The molecule has 0 aliphatic heterocycles. The number of methoxy groups -OCH3 is 1. The van der Waals surface area contributed by atoms with E-state index in [1.54, 1.807) is 7.11 Å². The molecule has 0 aromatic heterocycles. The Morgan fingerprint density at radius 1 is 1.15 bits per heavy atom. The molecule has 2 aromatic carbocycles. The fourth-order valence-corrected chi connectivity index (χ4v) is 2.99. The fourth-order valence-electron chi connectivity index (χ4n) is 2.99. The summed E-state index contributed by atoms with van der Waals surface area (Å²) < 4.78 is 5.26. The third-order valence-electron chi connectivity index (χ3n) is 4.22. The maximum atomic E-state index is 6.39. The van der Waals surface area contributed by atoms with E-state index in [1.807, 2.05) is 12.1 Å². The minimum atomic E-state index is 0.229. The van der Waals surface area contributed by atoms with E-state index >= 15 is 0 Å². The van der Waals surface area contributed by atoms with Gasteiger partial charge >= 0.3 is 0 Å². The Labute approximate surface area is 120 Å². The van der Waals surface area contributed by atoms with Crippen molar-refractivity contribution in [2.24, 2.45) is 11.7 Å². The van der Waals surface area contributed by atoms with Gasteiger partial charge in [0.25, 0.3) is 0 Å². The van der Waals surface area contributed by atoms with Crippen molar-refractivity contribution < 1.29 is 4.74 Å². The average molecular weight is 267 g/mol. The average Bonchev–Trinajstić information content (AvgIpc) is 3.29. The van der Waals surface area contributed by atoms with Gasteiger partial charge in [0.2, 0.25) is 0 Å². The smallest absolute Gasteiger partial charge is 0.119 e. The van der Waals surface area contributed by atoms with E-state index in [-0.39, 0.29) is 6.04 Å². The largest absolute Gasteiger partial charge is 0.497 e. The van der Waals surface area contributed by atoms with E-state index in [4.69, 9.17) is 10.5 Å². The summed E-state index contributed by atoms with van der Waals surface area (Å²) in [6.45, 7) is 0. The van der Waals surface area contributed by atoms with Crippen LogP contribution in [-0.2, 0) is 6.42 Å². The van der Waals surface area contributed by atoms with Crippen LogP contribution in [0.3, 0.4) is 0 Å². The summed E-state index contributed by atoms with van der Waals surface area (Å²) in [5.41, 5.74) is 9.08. The first-order valence-corrected chi connectivity index (χ1v) is 7.21. The van der Waals surface area contributed by atoms with Crippen LogP contribution in [0.4, 0.5) is 0 Å². The number of nitrogens with two attached hydrogens (primary N) is 1. The predicted octanol–water partition coefficient (Wildman–Crippen LogP) is 3.37. The highest BCUT2D eigenvalue weighted by Gasteiger charge is 2.42. The molecule has 20 heavy (non-hydrogen) atoms. The van der Waals surface area contributed by atoms with Crippen molar-refractivity contribution in [3.8, 4) is 5.75 Å². The molecule has 2 N–H and O–H groups in total. The highest BCUT2D eigenvalue weighted by Crippen LogP contribution is 2.49. The quantitative estimate of drug-likeness (QED) is 0.901. The molecule has 3 rings (SSSR count). The zero-order valence-electron chi connectivity index (χ0n) is 11.8. The molecule has 2 aromatic rings. The minimum absolute atomic E-state index is 0.229. The molecule has 3 atom stereocenters. The third kappa shape index (κ3) is 2.86. The number of benzene rings is 2. The highest BCUT2D eigenvalue weighted by atomic mass is 16.5. The van der Waals surface area contributed by atoms with Gasteiger partial charge in [-0.1, -0.05) is 42.5 Å². The van der Waals surface area contributed by atoms with Gasteiger partial charge in [0, 0.05) is 6.04 Å². The molecule has 0 bridgehead atoms. The van der Waals surface area contributed by atoms with E-state index in [1.165, 1.54) is 17.5 Å². The molecule has 1 aliphatic carbocycles. The third-order valence-corrected chi connectivity index (χ3v) is 4.22. The molecule has 1 fully saturated rings. The molecule has 0 heterocycles. The number of rotatable bonds is 5. The summed E-state index contributed by atoms with van der Waals surface area (Å²) >= 11 is 0. The van der Waals surface area contributed by atoms with Crippen LogP contribution in [0.15, 0.2) is 54.6 Å². The fraction of sp³-hybridized carbons (Fsp3) is 0.333. The maximum Gasteiger partial charge on any atom is 0.119 e. The van der Waals surface area contributed by atoms with Crippen LogP contribution in [0.2, 0.25) is 0 Å². The zero-order valence-corrected chi connectivity index (χ0v) is 11.8. The van der Waals surface area contributed by atoms with E-state index in [0.717, 1.165) is 12.2 Å².